The van der Waals surface area contributed by atoms with Gasteiger partial charge < -0.3 is 24.3 Å². The molecule has 0 saturated heterocycles. The van der Waals surface area contributed by atoms with Crippen LogP contribution in [0.2, 0.25) is 0 Å². The molecule has 0 unspecified atom stereocenters. The smallest absolute Gasteiger partial charge is 0.203 e. The van der Waals surface area contributed by atoms with E-state index in [9.17, 15) is 0 Å². The summed E-state index contributed by atoms with van der Waals surface area (Å²) in [6.07, 6.45) is 1.92. The summed E-state index contributed by atoms with van der Waals surface area (Å²) in [4.78, 5) is 0. The van der Waals surface area contributed by atoms with Crippen LogP contribution in [0.25, 0.3) is 0 Å². The summed E-state index contributed by atoms with van der Waals surface area (Å²) in [5.74, 6) is 2.01. The van der Waals surface area contributed by atoms with Crippen LogP contribution < -0.4 is 19.5 Å². The van der Waals surface area contributed by atoms with E-state index in [0.717, 1.165) is 38.1 Å². The van der Waals surface area contributed by atoms with Crippen LogP contribution in [0.15, 0.2) is 12.1 Å². The number of ether oxygens (including phenoxy) is 4. The summed E-state index contributed by atoms with van der Waals surface area (Å²) >= 11 is 0. The topological polar surface area (TPSA) is 49.0 Å². The van der Waals surface area contributed by atoms with Gasteiger partial charge in [-0.15, -0.1) is 0 Å². The second-order valence-electron chi connectivity index (χ2n) is 4.61. The summed E-state index contributed by atoms with van der Waals surface area (Å²) < 4.78 is 21.7. The Morgan fingerprint density at radius 2 is 1.67 bits per heavy atom. The Balaban J connectivity index is 2.51. The number of nitrogens with one attached hydrogen (secondary N) is 1. The van der Waals surface area contributed by atoms with E-state index >= 15 is 0 Å². The predicted octanol–water partition coefficient (Wildman–Crippen LogP) is 2.27. The van der Waals surface area contributed by atoms with E-state index in [2.05, 4.69) is 12.2 Å². The van der Waals surface area contributed by atoms with E-state index in [4.69, 9.17) is 18.9 Å². The Bertz CT molecular complexity index is 410. The van der Waals surface area contributed by atoms with Crippen molar-refractivity contribution in [2.24, 2.45) is 0 Å². The third kappa shape index (κ3) is 5.44. The minimum absolute atomic E-state index is 0.627. The second kappa shape index (κ2) is 10.3. The fourth-order valence-electron chi connectivity index (χ4n) is 2.09. The van der Waals surface area contributed by atoms with Crippen LogP contribution in [0.5, 0.6) is 17.2 Å². The molecule has 0 spiro atoms. The van der Waals surface area contributed by atoms with Crippen molar-refractivity contribution in [3.63, 3.8) is 0 Å². The molecule has 0 bridgehead atoms. The van der Waals surface area contributed by atoms with Gasteiger partial charge in [0.15, 0.2) is 11.5 Å². The Morgan fingerprint density at radius 3 is 2.29 bits per heavy atom. The highest BCUT2D eigenvalue weighted by Crippen LogP contribution is 2.39. The first kappa shape index (κ1) is 17.6. The summed E-state index contributed by atoms with van der Waals surface area (Å²) in [6, 6.07) is 3.87. The summed E-state index contributed by atoms with van der Waals surface area (Å²) in [6.45, 7) is 5.44. The molecule has 0 heterocycles. The van der Waals surface area contributed by atoms with Gasteiger partial charge in [0.2, 0.25) is 5.75 Å². The summed E-state index contributed by atoms with van der Waals surface area (Å²) in [5, 5.41) is 3.30. The molecule has 0 radical (unpaired) electrons. The molecule has 21 heavy (non-hydrogen) atoms. The molecule has 0 amide bonds. The van der Waals surface area contributed by atoms with Gasteiger partial charge in [-0.3, -0.25) is 0 Å². The van der Waals surface area contributed by atoms with Crippen LogP contribution in [-0.2, 0) is 11.2 Å². The number of rotatable bonds is 11. The van der Waals surface area contributed by atoms with Crippen molar-refractivity contribution in [1.82, 2.24) is 5.32 Å². The van der Waals surface area contributed by atoms with Crippen LogP contribution >= 0.6 is 0 Å². The van der Waals surface area contributed by atoms with Crippen molar-refractivity contribution in [3.05, 3.63) is 17.7 Å². The molecule has 5 nitrogen and oxygen atoms in total. The Hall–Kier alpha value is -1.46. The Labute approximate surface area is 127 Å². The normalized spacial score (nSPS) is 10.5. The molecule has 120 valence electrons. The molecule has 1 rings (SSSR count). The average molecular weight is 297 g/mol. The number of methoxy groups -OCH3 is 3. The maximum Gasteiger partial charge on any atom is 0.203 e. The highest BCUT2D eigenvalue weighted by atomic mass is 16.5. The van der Waals surface area contributed by atoms with Gasteiger partial charge in [-0.2, -0.15) is 0 Å². The first-order valence-electron chi connectivity index (χ1n) is 7.34. The van der Waals surface area contributed by atoms with E-state index in [1.807, 2.05) is 12.1 Å². The zero-order chi connectivity index (χ0) is 15.5. The van der Waals surface area contributed by atoms with Crippen LogP contribution in [0.3, 0.4) is 0 Å². The zero-order valence-corrected chi connectivity index (χ0v) is 13.5. The number of hydrogen-bond acceptors (Lipinski definition) is 5. The molecule has 1 aromatic carbocycles. The highest BCUT2D eigenvalue weighted by molar-refractivity contribution is 5.55. The highest BCUT2D eigenvalue weighted by Gasteiger charge is 2.15. The first-order chi connectivity index (χ1) is 10.3. The molecule has 1 N–H and O–H groups in total. The number of benzene rings is 1. The monoisotopic (exact) mass is 297 g/mol. The van der Waals surface area contributed by atoms with E-state index in [1.54, 1.807) is 21.3 Å². The lowest BCUT2D eigenvalue weighted by Gasteiger charge is -2.15. The molecule has 0 atom stereocenters. The first-order valence-corrected chi connectivity index (χ1v) is 7.34. The minimum Gasteiger partial charge on any atom is -0.493 e. The number of hydrogen-bond donors (Lipinski definition) is 1. The summed E-state index contributed by atoms with van der Waals surface area (Å²) in [5.41, 5.74) is 1.05. The molecule has 1 aromatic rings. The Kier molecular flexibility index (Phi) is 8.62. The molecule has 0 aliphatic rings. The van der Waals surface area contributed by atoms with E-state index in [0.29, 0.717) is 23.9 Å². The van der Waals surface area contributed by atoms with Crippen molar-refractivity contribution in [2.45, 2.75) is 19.8 Å². The van der Waals surface area contributed by atoms with Gasteiger partial charge in [0.05, 0.1) is 34.5 Å². The van der Waals surface area contributed by atoms with Crippen molar-refractivity contribution < 1.29 is 18.9 Å². The van der Waals surface area contributed by atoms with E-state index < -0.39 is 0 Å². The molecular formula is C16H27NO4. The third-order valence-corrected chi connectivity index (χ3v) is 3.15. The largest absolute Gasteiger partial charge is 0.493 e. The molecular weight excluding hydrogens is 270 g/mol. The van der Waals surface area contributed by atoms with E-state index in [1.165, 1.54) is 0 Å². The van der Waals surface area contributed by atoms with Gasteiger partial charge in [0, 0.05) is 12.1 Å². The second-order valence-corrected chi connectivity index (χ2v) is 4.61. The lowest BCUT2D eigenvalue weighted by Crippen LogP contribution is -2.20. The maximum atomic E-state index is 5.62. The molecule has 0 saturated carbocycles. The SMILES string of the molecule is CCCNCCOCCc1ccc(OC)c(OC)c1OC. The van der Waals surface area contributed by atoms with Crippen molar-refractivity contribution >= 4 is 0 Å². The minimum atomic E-state index is 0.627. The lowest BCUT2D eigenvalue weighted by molar-refractivity contribution is 0.138. The third-order valence-electron chi connectivity index (χ3n) is 3.15. The van der Waals surface area contributed by atoms with Crippen molar-refractivity contribution in [3.8, 4) is 17.2 Å². The fraction of sp³-hybridized carbons (Fsp3) is 0.625. The molecule has 0 aliphatic carbocycles. The molecule has 0 fully saturated rings. The van der Waals surface area contributed by atoms with Crippen molar-refractivity contribution in [2.75, 3.05) is 47.6 Å². The van der Waals surface area contributed by atoms with Gasteiger partial charge in [-0.05, 0) is 25.5 Å². The van der Waals surface area contributed by atoms with Gasteiger partial charge in [-0.1, -0.05) is 13.0 Å². The fourth-order valence-corrected chi connectivity index (χ4v) is 2.09. The van der Waals surface area contributed by atoms with E-state index in [-0.39, 0.29) is 0 Å². The van der Waals surface area contributed by atoms with Gasteiger partial charge in [0.1, 0.15) is 0 Å². The lowest BCUT2D eigenvalue weighted by atomic mass is 10.1. The summed E-state index contributed by atoms with van der Waals surface area (Å²) in [7, 11) is 4.86. The standard InChI is InChI=1S/C16H27NO4/c1-5-9-17-10-12-21-11-8-13-6-7-14(18-2)16(20-4)15(13)19-3/h6-7,17H,5,8-12H2,1-4H3. The zero-order valence-electron chi connectivity index (χ0n) is 13.5. The van der Waals surface area contributed by atoms with Gasteiger partial charge in [-0.25, -0.2) is 0 Å². The molecule has 0 aliphatic heterocycles. The quantitative estimate of drug-likeness (QED) is 0.635. The van der Waals surface area contributed by atoms with Crippen LogP contribution in [0.1, 0.15) is 18.9 Å². The average Bonchev–Trinajstić information content (AvgIpc) is 2.52. The molecule has 0 aromatic heterocycles. The van der Waals surface area contributed by atoms with Crippen LogP contribution in [-0.4, -0.2) is 47.6 Å². The van der Waals surface area contributed by atoms with Crippen LogP contribution in [0, 0.1) is 0 Å². The van der Waals surface area contributed by atoms with Gasteiger partial charge in [0.25, 0.3) is 0 Å². The van der Waals surface area contributed by atoms with Crippen molar-refractivity contribution in [1.29, 1.82) is 0 Å². The maximum absolute atomic E-state index is 5.62. The van der Waals surface area contributed by atoms with Crippen LogP contribution in [0.4, 0.5) is 0 Å². The van der Waals surface area contributed by atoms with Gasteiger partial charge >= 0.3 is 0 Å². The Morgan fingerprint density at radius 1 is 0.905 bits per heavy atom. The predicted molar refractivity (Wildman–Crippen MR) is 83.8 cm³/mol. The molecule has 5 heteroatoms.